The molecule has 0 amide bonds. The number of aromatic nitrogens is 3. The molecule has 0 aliphatic carbocycles. The van der Waals surface area contributed by atoms with E-state index in [-0.39, 0.29) is 21.8 Å². The fourth-order valence-corrected chi connectivity index (χ4v) is 2.34. The SMILES string of the molecule is CN(C)c1nc(Cl)nc(Nc2ccc(S(=O)(=O)O)c(N)c2)n1. The van der Waals surface area contributed by atoms with E-state index in [1.165, 1.54) is 18.2 Å². The lowest BCUT2D eigenvalue weighted by molar-refractivity contribution is 0.483. The molecule has 0 atom stereocenters. The number of anilines is 4. The van der Waals surface area contributed by atoms with E-state index in [0.29, 0.717) is 11.6 Å². The Labute approximate surface area is 131 Å². The Morgan fingerprint density at radius 1 is 1.27 bits per heavy atom. The van der Waals surface area contributed by atoms with Crippen LogP contribution in [0.4, 0.5) is 23.3 Å². The second-order valence-corrected chi connectivity index (χ2v) is 6.20. The van der Waals surface area contributed by atoms with Crippen LogP contribution in [0.25, 0.3) is 0 Å². The minimum Gasteiger partial charge on any atom is -0.398 e. The van der Waals surface area contributed by atoms with Gasteiger partial charge < -0.3 is 16.0 Å². The van der Waals surface area contributed by atoms with Gasteiger partial charge in [0.25, 0.3) is 10.1 Å². The Balaban J connectivity index is 2.34. The molecule has 0 radical (unpaired) electrons. The van der Waals surface area contributed by atoms with Gasteiger partial charge in [-0.2, -0.15) is 23.4 Å². The van der Waals surface area contributed by atoms with E-state index in [4.69, 9.17) is 21.9 Å². The van der Waals surface area contributed by atoms with Crippen LogP contribution in [-0.4, -0.2) is 42.0 Å². The molecule has 2 aromatic rings. The fourth-order valence-electron chi connectivity index (χ4n) is 1.59. The molecule has 1 heterocycles. The zero-order valence-electron chi connectivity index (χ0n) is 11.6. The molecule has 0 saturated carbocycles. The van der Waals surface area contributed by atoms with Crippen molar-refractivity contribution in [3.63, 3.8) is 0 Å². The summed E-state index contributed by atoms with van der Waals surface area (Å²) in [6, 6.07) is 3.91. The fraction of sp³-hybridized carbons (Fsp3) is 0.182. The van der Waals surface area contributed by atoms with Crippen molar-refractivity contribution in [3.8, 4) is 0 Å². The zero-order valence-corrected chi connectivity index (χ0v) is 13.2. The Morgan fingerprint density at radius 2 is 1.95 bits per heavy atom. The maximum Gasteiger partial charge on any atom is 0.296 e. The van der Waals surface area contributed by atoms with Gasteiger partial charge in [-0.1, -0.05) is 0 Å². The van der Waals surface area contributed by atoms with E-state index in [2.05, 4.69) is 20.3 Å². The van der Waals surface area contributed by atoms with Gasteiger partial charge in [-0.15, -0.1) is 0 Å². The average molecular weight is 345 g/mol. The summed E-state index contributed by atoms with van der Waals surface area (Å²) in [5.74, 6) is 0.521. The van der Waals surface area contributed by atoms with E-state index < -0.39 is 10.1 Å². The van der Waals surface area contributed by atoms with Crippen molar-refractivity contribution in [3.05, 3.63) is 23.5 Å². The number of nitrogens with zero attached hydrogens (tertiary/aromatic N) is 4. The van der Waals surface area contributed by atoms with E-state index in [1.54, 1.807) is 19.0 Å². The molecule has 2 rings (SSSR count). The number of hydrogen-bond acceptors (Lipinski definition) is 8. The maximum atomic E-state index is 11.1. The lowest BCUT2D eigenvalue weighted by atomic mass is 10.3. The maximum absolute atomic E-state index is 11.1. The summed E-state index contributed by atoms with van der Waals surface area (Å²) in [4.78, 5) is 13.2. The first kappa shape index (κ1) is 16.2. The van der Waals surface area contributed by atoms with Gasteiger partial charge in [0.15, 0.2) is 0 Å². The summed E-state index contributed by atoms with van der Waals surface area (Å²) in [7, 11) is -0.881. The van der Waals surface area contributed by atoms with Crippen molar-refractivity contribution >= 4 is 45.0 Å². The second-order valence-electron chi connectivity index (χ2n) is 4.48. The highest BCUT2D eigenvalue weighted by atomic mass is 35.5. The summed E-state index contributed by atoms with van der Waals surface area (Å²) in [5.41, 5.74) is 5.92. The van der Waals surface area contributed by atoms with E-state index >= 15 is 0 Å². The highest BCUT2D eigenvalue weighted by Crippen LogP contribution is 2.24. The van der Waals surface area contributed by atoms with Crippen LogP contribution in [0.1, 0.15) is 0 Å². The topological polar surface area (TPSA) is 134 Å². The normalized spacial score (nSPS) is 11.3. The molecule has 0 aliphatic rings. The summed E-state index contributed by atoms with van der Waals surface area (Å²) in [6.07, 6.45) is 0. The third kappa shape index (κ3) is 3.72. The zero-order chi connectivity index (χ0) is 16.5. The van der Waals surface area contributed by atoms with Crippen LogP contribution in [0.5, 0.6) is 0 Å². The molecule has 11 heteroatoms. The minimum atomic E-state index is -4.37. The van der Waals surface area contributed by atoms with Gasteiger partial charge in [0, 0.05) is 19.8 Å². The molecule has 0 fully saturated rings. The van der Waals surface area contributed by atoms with Crippen molar-refractivity contribution in [1.82, 2.24) is 15.0 Å². The molecule has 1 aromatic heterocycles. The standard InChI is InChI=1S/C11H13ClN6O3S/c1-18(2)11-16-9(12)15-10(17-11)14-6-3-4-8(7(13)5-6)22(19,20)21/h3-5H,13H2,1-2H3,(H,19,20,21)(H,14,15,16,17). The molecule has 22 heavy (non-hydrogen) atoms. The van der Waals surface area contributed by atoms with Crippen LogP contribution >= 0.6 is 11.6 Å². The number of halogens is 1. The minimum absolute atomic E-state index is 0.00345. The van der Waals surface area contributed by atoms with Crippen LogP contribution in [-0.2, 0) is 10.1 Å². The first-order valence-corrected chi connectivity index (χ1v) is 7.71. The van der Waals surface area contributed by atoms with Gasteiger partial charge in [-0.25, -0.2) is 0 Å². The number of hydrogen-bond donors (Lipinski definition) is 3. The van der Waals surface area contributed by atoms with Gasteiger partial charge in [-0.3, -0.25) is 4.55 Å². The third-order valence-electron chi connectivity index (χ3n) is 2.54. The van der Waals surface area contributed by atoms with Crippen LogP contribution in [0.2, 0.25) is 5.28 Å². The van der Waals surface area contributed by atoms with Crippen molar-refractivity contribution in [2.45, 2.75) is 4.90 Å². The van der Waals surface area contributed by atoms with Crippen LogP contribution in [0, 0.1) is 0 Å². The lowest BCUT2D eigenvalue weighted by Gasteiger charge is -2.12. The van der Waals surface area contributed by atoms with Crippen molar-refractivity contribution in [2.75, 3.05) is 30.0 Å². The van der Waals surface area contributed by atoms with E-state index in [1.807, 2.05) is 0 Å². The van der Waals surface area contributed by atoms with E-state index in [0.717, 1.165) is 0 Å². The smallest absolute Gasteiger partial charge is 0.296 e. The van der Waals surface area contributed by atoms with E-state index in [9.17, 15) is 8.42 Å². The number of benzene rings is 1. The molecule has 1 aromatic carbocycles. The van der Waals surface area contributed by atoms with Gasteiger partial charge in [0.1, 0.15) is 4.90 Å². The van der Waals surface area contributed by atoms with Gasteiger partial charge in [-0.05, 0) is 29.8 Å². The van der Waals surface area contributed by atoms with Gasteiger partial charge in [0.05, 0.1) is 5.69 Å². The molecule has 9 nitrogen and oxygen atoms in total. The van der Waals surface area contributed by atoms with Gasteiger partial charge in [0.2, 0.25) is 17.2 Å². The molecule has 0 saturated heterocycles. The van der Waals surface area contributed by atoms with Crippen molar-refractivity contribution < 1.29 is 13.0 Å². The number of nitrogens with one attached hydrogen (secondary N) is 1. The largest absolute Gasteiger partial charge is 0.398 e. The molecule has 0 spiro atoms. The number of nitrogen functional groups attached to an aromatic ring is 1. The molecular weight excluding hydrogens is 332 g/mol. The third-order valence-corrected chi connectivity index (χ3v) is 3.64. The summed E-state index contributed by atoms with van der Waals surface area (Å²) in [6.45, 7) is 0. The van der Waals surface area contributed by atoms with Crippen LogP contribution in [0.15, 0.2) is 23.1 Å². The Morgan fingerprint density at radius 3 is 2.50 bits per heavy atom. The molecule has 4 N–H and O–H groups in total. The summed E-state index contributed by atoms with van der Waals surface area (Å²) >= 11 is 5.81. The predicted octanol–water partition coefficient (Wildman–Crippen LogP) is 1.16. The first-order chi connectivity index (χ1) is 10.2. The molecule has 0 unspecified atom stereocenters. The van der Waals surface area contributed by atoms with Crippen molar-refractivity contribution in [1.29, 1.82) is 0 Å². The Hall–Kier alpha value is -2.17. The number of rotatable bonds is 4. The molecule has 118 valence electrons. The first-order valence-electron chi connectivity index (χ1n) is 5.90. The average Bonchev–Trinajstić information content (AvgIpc) is 2.36. The quantitative estimate of drug-likeness (QED) is 0.551. The second kappa shape index (κ2) is 5.91. The molecular formula is C11H13ClN6O3S. The summed E-state index contributed by atoms with van der Waals surface area (Å²) < 4.78 is 31.2. The predicted molar refractivity (Wildman–Crippen MR) is 83.1 cm³/mol. The highest BCUT2D eigenvalue weighted by Gasteiger charge is 2.14. The Kier molecular flexibility index (Phi) is 4.35. The highest BCUT2D eigenvalue weighted by molar-refractivity contribution is 7.86. The Bertz CT molecular complexity index is 811. The monoisotopic (exact) mass is 344 g/mol. The van der Waals surface area contributed by atoms with Crippen molar-refractivity contribution in [2.24, 2.45) is 0 Å². The summed E-state index contributed by atoms with van der Waals surface area (Å²) in [5, 5.41) is 2.83. The lowest BCUT2D eigenvalue weighted by Crippen LogP contribution is -2.14. The van der Waals surface area contributed by atoms with Crippen LogP contribution in [0.3, 0.4) is 0 Å². The number of nitrogens with two attached hydrogens (primary N) is 1. The van der Waals surface area contributed by atoms with Gasteiger partial charge >= 0.3 is 0 Å². The van der Waals surface area contributed by atoms with Crippen LogP contribution < -0.4 is 16.0 Å². The molecule has 0 bridgehead atoms. The molecule has 0 aliphatic heterocycles.